The fraction of sp³-hybridized carbons (Fsp3) is 0.500. The summed E-state index contributed by atoms with van der Waals surface area (Å²) in [6, 6.07) is 16.8. The van der Waals surface area contributed by atoms with E-state index in [1.165, 1.54) is 16.8 Å². The van der Waals surface area contributed by atoms with Gasteiger partial charge in [-0.2, -0.15) is 0 Å². The molecule has 0 saturated carbocycles. The molecule has 0 amide bonds. The van der Waals surface area contributed by atoms with E-state index in [-0.39, 0.29) is 30.1 Å². The zero-order valence-corrected chi connectivity index (χ0v) is 22.4. The Kier molecular flexibility index (Phi) is 11.8. The van der Waals surface area contributed by atoms with Crippen molar-refractivity contribution >= 4 is 35.6 Å². The maximum Gasteiger partial charge on any atom is 0.191 e. The van der Waals surface area contributed by atoms with E-state index in [0.29, 0.717) is 25.6 Å². The minimum atomic E-state index is 0. The molecule has 2 aromatic rings. The molecule has 1 aliphatic rings. The van der Waals surface area contributed by atoms with Crippen LogP contribution < -0.4 is 20.3 Å². The molecule has 3 N–H and O–H groups in total. The highest BCUT2D eigenvalue weighted by atomic mass is 127. The van der Waals surface area contributed by atoms with Crippen LogP contribution in [0.4, 0.5) is 5.69 Å². The third kappa shape index (κ3) is 9.04. The molecule has 2 aromatic carbocycles. The van der Waals surface area contributed by atoms with Gasteiger partial charge in [0.25, 0.3) is 0 Å². The topological polar surface area (TPSA) is 69.1 Å². The Morgan fingerprint density at radius 3 is 2.52 bits per heavy atom. The summed E-state index contributed by atoms with van der Waals surface area (Å²) >= 11 is 0. The van der Waals surface area contributed by atoms with E-state index in [1.54, 1.807) is 0 Å². The van der Waals surface area contributed by atoms with Gasteiger partial charge in [0.1, 0.15) is 11.9 Å². The van der Waals surface area contributed by atoms with Crippen LogP contribution in [0.3, 0.4) is 0 Å². The van der Waals surface area contributed by atoms with Gasteiger partial charge < -0.3 is 25.4 Å². The lowest BCUT2D eigenvalue weighted by atomic mass is 9.97. The first-order valence-corrected chi connectivity index (χ1v) is 11.8. The van der Waals surface area contributed by atoms with Gasteiger partial charge in [0.05, 0.1) is 13.1 Å². The molecule has 0 bridgehead atoms. The minimum absolute atomic E-state index is 0. The highest BCUT2D eigenvalue weighted by molar-refractivity contribution is 14.0. The van der Waals surface area contributed by atoms with Gasteiger partial charge in [-0.1, -0.05) is 24.3 Å². The van der Waals surface area contributed by atoms with E-state index in [1.807, 2.05) is 18.2 Å². The molecule has 33 heavy (non-hydrogen) atoms. The van der Waals surface area contributed by atoms with Crippen LogP contribution in [-0.4, -0.2) is 50.0 Å². The molecule has 182 valence electrons. The number of nitrogens with one attached hydrogen (secondary N) is 2. The lowest BCUT2D eigenvalue weighted by Gasteiger charge is -2.32. The van der Waals surface area contributed by atoms with Crippen molar-refractivity contribution in [3.63, 3.8) is 0 Å². The Bertz CT molecular complexity index is 852. The average molecular weight is 567 g/mol. The molecular formula is C26H39IN4O2. The van der Waals surface area contributed by atoms with Crippen LogP contribution in [0, 0.1) is 12.8 Å². The van der Waals surface area contributed by atoms with Crippen LogP contribution in [0.5, 0.6) is 5.75 Å². The number of halogens is 1. The van der Waals surface area contributed by atoms with Crippen molar-refractivity contribution in [2.75, 3.05) is 37.7 Å². The number of aliphatic hydroxyl groups is 1. The first-order chi connectivity index (χ1) is 15.6. The molecule has 1 atom stereocenters. The number of ether oxygens (including phenoxy) is 1. The third-order valence-corrected chi connectivity index (χ3v) is 5.82. The summed E-state index contributed by atoms with van der Waals surface area (Å²) in [6.45, 7) is 10.6. The average Bonchev–Trinajstić information content (AvgIpc) is 2.81. The molecule has 1 aliphatic heterocycles. The summed E-state index contributed by atoms with van der Waals surface area (Å²) in [6.07, 6.45) is 2.15. The summed E-state index contributed by atoms with van der Waals surface area (Å²) in [5, 5.41) is 16.0. The Hall–Kier alpha value is -2.00. The monoisotopic (exact) mass is 566 g/mol. The summed E-state index contributed by atoms with van der Waals surface area (Å²) in [5.41, 5.74) is 3.62. The SMILES string of the molecule is CCNC(=NCc1ccc(N2CCC(CO)CC2)cc1)NCC(C)Oc1cccc(C)c1.I. The van der Waals surface area contributed by atoms with E-state index in [9.17, 15) is 5.11 Å². The predicted octanol–water partition coefficient (Wildman–Crippen LogP) is 4.34. The number of aliphatic imine (C=N–C) groups is 1. The van der Waals surface area contributed by atoms with Crippen LogP contribution in [0.2, 0.25) is 0 Å². The standard InChI is InChI=1S/C26H38N4O2.HI/c1-4-27-26(28-17-21(3)32-25-7-5-6-20(2)16-25)29-18-22-8-10-24(11-9-22)30-14-12-23(19-31)13-15-30;/h5-11,16,21,23,31H,4,12-15,17-19H2,1-3H3,(H2,27,28,29);1H. The van der Waals surface area contributed by atoms with Crippen molar-refractivity contribution < 1.29 is 9.84 Å². The number of guanidine groups is 1. The molecular weight excluding hydrogens is 527 g/mol. The van der Waals surface area contributed by atoms with Gasteiger partial charge >= 0.3 is 0 Å². The van der Waals surface area contributed by atoms with E-state index < -0.39 is 0 Å². The van der Waals surface area contributed by atoms with Gasteiger partial charge in [0.15, 0.2) is 5.96 Å². The first kappa shape index (κ1) is 27.2. The van der Waals surface area contributed by atoms with Crippen LogP contribution >= 0.6 is 24.0 Å². The molecule has 7 heteroatoms. The van der Waals surface area contributed by atoms with Crippen LogP contribution in [-0.2, 0) is 6.54 Å². The molecule has 6 nitrogen and oxygen atoms in total. The quantitative estimate of drug-likeness (QED) is 0.240. The van der Waals surface area contributed by atoms with Crippen molar-refractivity contribution in [3.8, 4) is 5.75 Å². The maximum atomic E-state index is 9.32. The number of nitrogens with zero attached hydrogens (tertiary/aromatic N) is 2. The number of rotatable bonds is 9. The minimum Gasteiger partial charge on any atom is -0.489 e. The summed E-state index contributed by atoms with van der Waals surface area (Å²) in [5.74, 6) is 2.14. The summed E-state index contributed by atoms with van der Waals surface area (Å²) < 4.78 is 6.01. The highest BCUT2D eigenvalue weighted by Gasteiger charge is 2.18. The van der Waals surface area contributed by atoms with Gasteiger partial charge in [-0.05, 0) is 74.9 Å². The maximum absolute atomic E-state index is 9.32. The van der Waals surface area contributed by atoms with Crippen molar-refractivity contribution in [1.29, 1.82) is 0 Å². The van der Waals surface area contributed by atoms with E-state index in [0.717, 1.165) is 44.2 Å². The second-order valence-corrected chi connectivity index (χ2v) is 8.60. The molecule has 0 aliphatic carbocycles. The number of aryl methyl sites for hydroxylation is 1. The second kappa shape index (κ2) is 14.3. The Labute approximate surface area is 215 Å². The van der Waals surface area contributed by atoms with Gasteiger partial charge in [-0.15, -0.1) is 24.0 Å². The number of piperidine rings is 1. The summed E-state index contributed by atoms with van der Waals surface area (Å²) in [7, 11) is 0. The van der Waals surface area contributed by atoms with E-state index >= 15 is 0 Å². The normalized spacial score (nSPS) is 15.5. The molecule has 1 fully saturated rings. The Morgan fingerprint density at radius 2 is 1.88 bits per heavy atom. The van der Waals surface area contributed by atoms with Crippen LogP contribution in [0.15, 0.2) is 53.5 Å². The number of anilines is 1. The van der Waals surface area contributed by atoms with Gasteiger partial charge in [-0.25, -0.2) is 4.99 Å². The Morgan fingerprint density at radius 1 is 1.15 bits per heavy atom. The first-order valence-electron chi connectivity index (χ1n) is 11.8. The highest BCUT2D eigenvalue weighted by Crippen LogP contribution is 2.23. The molecule has 3 rings (SSSR count). The molecule has 0 spiro atoms. The Balaban J connectivity index is 0.00000385. The smallest absolute Gasteiger partial charge is 0.191 e. The molecule has 1 saturated heterocycles. The van der Waals surface area contributed by atoms with Crippen LogP contribution in [0.25, 0.3) is 0 Å². The number of hydrogen-bond donors (Lipinski definition) is 3. The zero-order valence-electron chi connectivity index (χ0n) is 20.1. The largest absolute Gasteiger partial charge is 0.489 e. The van der Waals surface area contributed by atoms with E-state index in [4.69, 9.17) is 9.73 Å². The summed E-state index contributed by atoms with van der Waals surface area (Å²) in [4.78, 5) is 7.14. The fourth-order valence-electron chi connectivity index (χ4n) is 3.90. The number of hydrogen-bond acceptors (Lipinski definition) is 4. The zero-order chi connectivity index (χ0) is 22.8. The molecule has 0 aromatic heterocycles. The predicted molar refractivity (Wildman–Crippen MR) is 148 cm³/mol. The van der Waals surface area contributed by atoms with Crippen molar-refractivity contribution in [3.05, 3.63) is 59.7 Å². The molecule has 1 heterocycles. The fourth-order valence-corrected chi connectivity index (χ4v) is 3.90. The lowest BCUT2D eigenvalue weighted by Crippen LogP contribution is -2.41. The lowest BCUT2D eigenvalue weighted by molar-refractivity contribution is 0.203. The van der Waals surface area contributed by atoms with Gasteiger partial charge in [0, 0.05) is 31.9 Å². The van der Waals surface area contributed by atoms with E-state index in [2.05, 4.69) is 66.6 Å². The van der Waals surface area contributed by atoms with Crippen molar-refractivity contribution in [1.82, 2.24) is 10.6 Å². The van der Waals surface area contributed by atoms with Gasteiger partial charge in [-0.3, -0.25) is 0 Å². The van der Waals surface area contributed by atoms with Crippen molar-refractivity contribution in [2.45, 2.75) is 46.3 Å². The second-order valence-electron chi connectivity index (χ2n) is 8.60. The van der Waals surface area contributed by atoms with Gasteiger partial charge in [0.2, 0.25) is 0 Å². The number of benzene rings is 2. The van der Waals surface area contributed by atoms with Crippen molar-refractivity contribution in [2.24, 2.45) is 10.9 Å². The van der Waals surface area contributed by atoms with Crippen LogP contribution in [0.1, 0.15) is 37.8 Å². The molecule has 0 radical (unpaired) electrons. The third-order valence-electron chi connectivity index (χ3n) is 5.82. The molecule has 1 unspecified atom stereocenters. The number of aliphatic hydroxyl groups excluding tert-OH is 1.